The third-order valence-corrected chi connectivity index (χ3v) is 8.47. The number of aryl methyl sites for hydroxylation is 2. The van der Waals surface area contributed by atoms with Crippen molar-refractivity contribution < 1.29 is 14.0 Å². The average molecular weight is 557 g/mol. The first-order valence-electron chi connectivity index (χ1n) is 13.5. The molecule has 5 rings (SSSR count). The number of hydrogen-bond acceptors (Lipinski definition) is 4. The first kappa shape index (κ1) is 27.6. The summed E-state index contributed by atoms with van der Waals surface area (Å²) < 4.78 is 15.8. The molecule has 0 saturated heterocycles. The predicted molar refractivity (Wildman–Crippen MR) is 159 cm³/mol. The molecule has 2 amide bonds. The third kappa shape index (κ3) is 5.54. The highest BCUT2D eigenvalue weighted by molar-refractivity contribution is 8.00. The smallest absolute Gasteiger partial charge is 0.240 e. The van der Waals surface area contributed by atoms with Crippen LogP contribution in [0.4, 0.5) is 10.2 Å². The van der Waals surface area contributed by atoms with E-state index in [1.807, 2.05) is 74.8 Å². The number of aromatic nitrogens is 2. The molecule has 0 saturated carbocycles. The second kappa shape index (κ2) is 11.7. The number of amides is 2. The van der Waals surface area contributed by atoms with Gasteiger partial charge in [0, 0.05) is 17.2 Å². The van der Waals surface area contributed by atoms with Gasteiger partial charge in [0.15, 0.2) is 0 Å². The molecule has 206 valence electrons. The molecule has 1 aliphatic heterocycles. The summed E-state index contributed by atoms with van der Waals surface area (Å²) in [5, 5.41) is 7.83. The van der Waals surface area contributed by atoms with Gasteiger partial charge in [-0.05, 0) is 56.5 Å². The lowest BCUT2D eigenvalue weighted by Gasteiger charge is -2.24. The largest absolute Gasteiger partial charge is 0.352 e. The van der Waals surface area contributed by atoms with Gasteiger partial charge in [0.1, 0.15) is 18.2 Å². The molecule has 0 aliphatic carbocycles. The maximum absolute atomic E-state index is 13.9. The van der Waals surface area contributed by atoms with E-state index in [-0.39, 0.29) is 41.2 Å². The zero-order valence-corrected chi connectivity index (χ0v) is 24.0. The Morgan fingerprint density at radius 2 is 1.82 bits per heavy atom. The zero-order valence-electron chi connectivity index (χ0n) is 23.1. The van der Waals surface area contributed by atoms with Gasteiger partial charge in [-0.2, -0.15) is 5.10 Å². The van der Waals surface area contributed by atoms with Crippen molar-refractivity contribution >= 4 is 29.4 Å². The Bertz CT molecular complexity index is 1530. The fourth-order valence-electron chi connectivity index (χ4n) is 5.01. The summed E-state index contributed by atoms with van der Waals surface area (Å²) in [6, 6.07) is 22.3. The van der Waals surface area contributed by atoms with Crippen LogP contribution < -0.4 is 10.2 Å². The number of rotatable bonds is 7. The predicted octanol–water partition coefficient (Wildman–Crippen LogP) is 6.38. The van der Waals surface area contributed by atoms with E-state index in [2.05, 4.69) is 11.4 Å². The van der Waals surface area contributed by atoms with Crippen molar-refractivity contribution in [1.29, 1.82) is 0 Å². The summed E-state index contributed by atoms with van der Waals surface area (Å²) in [5.74, 6) is -0.00559. The molecule has 1 aliphatic rings. The molecule has 0 bridgehead atoms. The molecule has 2 unspecified atom stereocenters. The normalized spacial score (nSPS) is 15.9. The van der Waals surface area contributed by atoms with Gasteiger partial charge in [-0.3, -0.25) is 14.5 Å². The molecule has 2 atom stereocenters. The van der Waals surface area contributed by atoms with Gasteiger partial charge in [0.05, 0.1) is 22.4 Å². The van der Waals surface area contributed by atoms with Gasteiger partial charge >= 0.3 is 0 Å². The number of fused-ring (bicyclic) bond motifs is 1. The van der Waals surface area contributed by atoms with Gasteiger partial charge in [-0.25, -0.2) is 9.07 Å². The van der Waals surface area contributed by atoms with E-state index < -0.39 is 0 Å². The van der Waals surface area contributed by atoms with Crippen LogP contribution in [0.15, 0.2) is 72.8 Å². The molecule has 1 aromatic heterocycles. The second-order valence-electron chi connectivity index (χ2n) is 10.3. The van der Waals surface area contributed by atoms with Crippen LogP contribution in [0.25, 0.3) is 16.9 Å². The molecule has 8 heteroatoms. The molecule has 2 heterocycles. The number of hydrogen-bond donors (Lipinski definition) is 1. The lowest BCUT2D eigenvalue weighted by atomic mass is 9.99. The minimum Gasteiger partial charge on any atom is -0.352 e. The van der Waals surface area contributed by atoms with Crippen molar-refractivity contribution in [3.05, 3.63) is 101 Å². The van der Waals surface area contributed by atoms with E-state index in [0.29, 0.717) is 5.82 Å². The second-order valence-corrected chi connectivity index (χ2v) is 11.3. The van der Waals surface area contributed by atoms with Gasteiger partial charge in [-0.1, -0.05) is 67.1 Å². The Morgan fingerprint density at radius 3 is 2.50 bits per heavy atom. The lowest BCUT2D eigenvalue weighted by molar-refractivity contribution is -0.123. The number of carbonyl (C=O) groups excluding carboxylic acids is 2. The van der Waals surface area contributed by atoms with Crippen molar-refractivity contribution in [2.75, 3.05) is 17.2 Å². The van der Waals surface area contributed by atoms with Gasteiger partial charge in [0.2, 0.25) is 11.8 Å². The molecule has 3 aromatic carbocycles. The van der Waals surface area contributed by atoms with Crippen LogP contribution in [0.5, 0.6) is 0 Å². The van der Waals surface area contributed by atoms with Crippen LogP contribution in [-0.4, -0.2) is 39.9 Å². The van der Waals surface area contributed by atoms with Gasteiger partial charge in [-0.15, -0.1) is 11.8 Å². The quantitative estimate of drug-likeness (QED) is 0.287. The molecule has 0 radical (unpaired) electrons. The van der Waals surface area contributed by atoms with Gasteiger partial charge < -0.3 is 5.32 Å². The van der Waals surface area contributed by atoms with Crippen molar-refractivity contribution in [3.8, 4) is 16.9 Å². The number of anilines is 1. The topological polar surface area (TPSA) is 67.2 Å². The van der Waals surface area contributed by atoms with E-state index in [1.165, 1.54) is 23.9 Å². The zero-order chi connectivity index (χ0) is 28.4. The summed E-state index contributed by atoms with van der Waals surface area (Å²) in [4.78, 5) is 28.6. The Labute approximate surface area is 238 Å². The Hall–Kier alpha value is -3.91. The molecular formula is C32H33FN4O2S. The van der Waals surface area contributed by atoms with E-state index in [0.717, 1.165) is 45.6 Å². The number of benzene rings is 3. The van der Waals surface area contributed by atoms with Crippen molar-refractivity contribution in [2.45, 2.75) is 45.4 Å². The van der Waals surface area contributed by atoms with Crippen LogP contribution >= 0.6 is 11.8 Å². The standard InChI is InChI=1S/C32H33FN4O2S/c1-5-22(4)34-27(38)18-36-28(39)19-40-31(24-12-14-25(33)15-13-24)29-30(23-9-7-6-8-10-23)35-37(32(29)36)26-16-11-20(2)17-21(26)3/h6-17,22,31H,5,18-19H2,1-4H3,(H,34,38). The van der Waals surface area contributed by atoms with Crippen LogP contribution in [0, 0.1) is 19.7 Å². The van der Waals surface area contributed by atoms with Crippen LogP contribution in [0.2, 0.25) is 0 Å². The van der Waals surface area contributed by atoms with E-state index >= 15 is 0 Å². The average Bonchev–Trinajstić information content (AvgIpc) is 3.26. The number of nitrogens with zero attached hydrogens (tertiary/aromatic N) is 3. The fourth-order valence-corrected chi connectivity index (χ4v) is 6.20. The van der Waals surface area contributed by atoms with E-state index in [4.69, 9.17) is 5.10 Å². The van der Waals surface area contributed by atoms with Crippen LogP contribution in [0.3, 0.4) is 0 Å². The summed E-state index contributed by atoms with van der Waals surface area (Å²) in [6.45, 7) is 7.87. The number of carbonyl (C=O) groups is 2. The molecule has 4 aromatic rings. The Kier molecular flexibility index (Phi) is 8.07. The minimum atomic E-state index is -0.323. The lowest BCUT2D eigenvalue weighted by Crippen LogP contribution is -2.44. The van der Waals surface area contributed by atoms with Gasteiger partial charge in [0.25, 0.3) is 0 Å². The molecule has 40 heavy (non-hydrogen) atoms. The monoisotopic (exact) mass is 556 g/mol. The first-order chi connectivity index (χ1) is 19.3. The molecular weight excluding hydrogens is 523 g/mol. The highest BCUT2D eigenvalue weighted by atomic mass is 32.2. The summed E-state index contributed by atoms with van der Waals surface area (Å²) >= 11 is 1.47. The van der Waals surface area contributed by atoms with Crippen molar-refractivity contribution in [3.63, 3.8) is 0 Å². The molecule has 0 spiro atoms. The maximum atomic E-state index is 13.9. The molecule has 1 N–H and O–H groups in total. The maximum Gasteiger partial charge on any atom is 0.240 e. The minimum absolute atomic E-state index is 0.0143. The number of halogens is 1. The summed E-state index contributed by atoms with van der Waals surface area (Å²) in [7, 11) is 0. The first-order valence-corrected chi connectivity index (χ1v) is 14.5. The summed E-state index contributed by atoms with van der Waals surface area (Å²) in [6.07, 6.45) is 0.784. The molecule has 6 nitrogen and oxygen atoms in total. The third-order valence-electron chi connectivity index (χ3n) is 7.21. The highest BCUT2D eigenvalue weighted by Crippen LogP contribution is 2.48. The molecule has 0 fully saturated rings. The number of thioether (sulfide) groups is 1. The Balaban J connectivity index is 1.79. The van der Waals surface area contributed by atoms with E-state index in [1.54, 1.807) is 17.0 Å². The van der Waals surface area contributed by atoms with Crippen LogP contribution in [-0.2, 0) is 9.59 Å². The van der Waals surface area contributed by atoms with Crippen molar-refractivity contribution in [2.24, 2.45) is 0 Å². The number of nitrogens with one attached hydrogen (secondary N) is 1. The summed E-state index contributed by atoms with van der Waals surface area (Å²) in [5.41, 5.74) is 6.25. The van der Waals surface area contributed by atoms with Crippen LogP contribution in [0.1, 0.15) is 47.8 Å². The van der Waals surface area contributed by atoms with Crippen molar-refractivity contribution in [1.82, 2.24) is 15.1 Å². The highest BCUT2D eigenvalue weighted by Gasteiger charge is 2.38. The SMILES string of the molecule is CCC(C)NC(=O)CN1C(=O)CSC(c2ccc(F)cc2)c2c(-c3ccccc3)nn(-c3ccc(C)cc3C)c21. The van der Waals surface area contributed by atoms with E-state index in [9.17, 15) is 14.0 Å². The fraction of sp³-hybridized carbons (Fsp3) is 0.281. The Morgan fingerprint density at radius 1 is 1.10 bits per heavy atom.